The molecule has 0 amide bonds. The number of rotatable bonds is 5. The number of pyridine rings is 1. The van der Waals surface area contributed by atoms with Crippen LogP contribution in [0.3, 0.4) is 0 Å². The van der Waals surface area contributed by atoms with Crippen molar-refractivity contribution in [3.8, 4) is 5.75 Å². The molecule has 32 heavy (non-hydrogen) atoms. The van der Waals surface area contributed by atoms with Crippen LogP contribution in [-0.2, 0) is 0 Å². The van der Waals surface area contributed by atoms with Crippen LogP contribution in [0.15, 0.2) is 67.0 Å². The summed E-state index contributed by atoms with van der Waals surface area (Å²) < 4.78 is 5.22. The van der Waals surface area contributed by atoms with Crippen molar-refractivity contribution in [3.63, 3.8) is 0 Å². The zero-order valence-corrected chi connectivity index (χ0v) is 18.3. The normalized spacial score (nSPS) is 13.9. The molecule has 0 bridgehead atoms. The van der Waals surface area contributed by atoms with E-state index in [1.54, 1.807) is 13.3 Å². The molecule has 1 fully saturated rings. The molecule has 0 atom stereocenters. The Balaban J connectivity index is 1.28. The van der Waals surface area contributed by atoms with Crippen LogP contribution in [0.5, 0.6) is 5.75 Å². The molecule has 0 aliphatic carbocycles. The standard InChI is InChI=1S/C25H26N6O/c1-18-3-8-21-22(17-18)26-11-9-23(21)30-13-15-31(16-14-30)25-27-12-10-24(29-25)28-19-4-6-20(32-2)7-5-19/h3-12,17H,13-16H2,1-2H3,(H,27,28,29). The molecule has 2 aromatic carbocycles. The van der Waals surface area contributed by atoms with Gasteiger partial charge in [0.15, 0.2) is 0 Å². The zero-order valence-electron chi connectivity index (χ0n) is 18.3. The van der Waals surface area contributed by atoms with E-state index < -0.39 is 0 Å². The first-order valence-corrected chi connectivity index (χ1v) is 10.8. The van der Waals surface area contributed by atoms with Crippen LogP contribution < -0.4 is 19.9 Å². The Bertz CT molecular complexity index is 1220. The molecule has 1 aliphatic rings. The van der Waals surface area contributed by atoms with Crippen molar-refractivity contribution in [1.29, 1.82) is 0 Å². The van der Waals surface area contributed by atoms with Crippen LogP contribution in [0, 0.1) is 6.92 Å². The van der Waals surface area contributed by atoms with Gasteiger partial charge in [-0.25, -0.2) is 4.98 Å². The molecule has 4 aromatic rings. The van der Waals surface area contributed by atoms with Gasteiger partial charge >= 0.3 is 0 Å². The lowest BCUT2D eigenvalue weighted by atomic mass is 10.1. The van der Waals surface area contributed by atoms with E-state index in [9.17, 15) is 0 Å². The van der Waals surface area contributed by atoms with Crippen molar-refractivity contribution >= 4 is 34.0 Å². The number of aryl methyl sites for hydroxylation is 1. The number of hydrogen-bond acceptors (Lipinski definition) is 7. The monoisotopic (exact) mass is 426 g/mol. The highest BCUT2D eigenvalue weighted by atomic mass is 16.5. The molecule has 1 saturated heterocycles. The summed E-state index contributed by atoms with van der Waals surface area (Å²) in [5.41, 5.74) is 4.48. The van der Waals surface area contributed by atoms with E-state index in [4.69, 9.17) is 9.72 Å². The molecule has 3 heterocycles. The first-order valence-electron chi connectivity index (χ1n) is 10.8. The largest absolute Gasteiger partial charge is 0.497 e. The van der Waals surface area contributed by atoms with E-state index in [-0.39, 0.29) is 0 Å². The van der Waals surface area contributed by atoms with Gasteiger partial charge in [-0.2, -0.15) is 4.98 Å². The Hall–Kier alpha value is -3.87. The van der Waals surface area contributed by atoms with E-state index in [1.165, 1.54) is 16.6 Å². The summed E-state index contributed by atoms with van der Waals surface area (Å²) in [6.45, 7) is 5.65. The highest BCUT2D eigenvalue weighted by Crippen LogP contribution is 2.28. The molecule has 2 aromatic heterocycles. The Kier molecular flexibility index (Phi) is 5.46. The fourth-order valence-electron chi connectivity index (χ4n) is 4.06. The molecule has 7 nitrogen and oxygen atoms in total. The SMILES string of the molecule is COc1ccc(Nc2ccnc(N3CCN(c4ccnc5cc(C)ccc45)CC3)n2)cc1. The third kappa shape index (κ3) is 4.14. The fourth-order valence-corrected chi connectivity index (χ4v) is 4.06. The second-order valence-corrected chi connectivity index (χ2v) is 7.92. The molecule has 0 unspecified atom stereocenters. The number of fused-ring (bicyclic) bond motifs is 1. The Morgan fingerprint density at radius 2 is 1.59 bits per heavy atom. The number of ether oxygens (including phenoxy) is 1. The highest BCUT2D eigenvalue weighted by Gasteiger charge is 2.21. The van der Waals surface area contributed by atoms with Gasteiger partial charge in [0.05, 0.1) is 12.6 Å². The maximum absolute atomic E-state index is 5.22. The predicted molar refractivity (Wildman–Crippen MR) is 129 cm³/mol. The number of piperazine rings is 1. The topological polar surface area (TPSA) is 66.4 Å². The fraction of sp³-hybridized carbons (Fsp3) is 0.240. The van der Waals surface area contributed by atoms with Gasteiger partial charge in [-0.15, -0.1) is 0 Å². The lowest BCUT2D eigenvalue weighted by Crippen LogP contribution is -2.47. The summed E-state index contributed by atoms with van der Waals surface area (Å²) in [5, 5.41) is 4.55. The van der Waals surface area contributed by atoms with Crippen molar-refractivity contribution in [2.45, 2.75) is 6.92 Å². The molecular formula is C25H26N6O. The van der Waals surface area contributed by atoms with Crippen LogP contribution >= 0.6 is 0 Å². The number of benzene rings is 2. The molecule has 0 spiro atoms. The van der Waals surface area contributed by atoms with Gasteiger partial charge in [0.25, 0.3) is 0 Å². The van der Waals surface area contributed by atoms with Crippen molar-refractivity contribution in [3.05, 3.63) is 72.6 Å². The van der Waals surface area contributed by atoms with Crippen molar-refractivity contribution in [2.75, 3.05) is 48.4 Å². The molecule has 5 rings (SSSR count). The average Bonchev–Trinajstić information content (AvgIpc) is 2.84. The van der Waals surface area contributed by atoms with Crippen molar-refractivity contribution in [1.82, 2.24) is 15.0 Å². The predicted octanol–water partition coefficient (Wildman–Crippen LogP) is 4.41. The number of nitrogens with one attached hydrogen (secondary N) is 1. The average molecular weight is 427 g/mol. The number of hydrogen-bond donors (Lipinski definition) is 1. The zero-order chi connectivity index (χ0) is 21.9. The quantitative estimate of drug-likeness (QED) is 0.507. The van der Waals surface area contributed by atoms with Crippen molar-refractivity contribution in [2.24, 2.45) is 0 Å². The summed E-state index contributed by atoms with van der Waals surface area (Å²) in [6, 6.07) is 18.3. The third-order valence-electron chi connectivity index (χ3n) is 5.78. The summed E-state index contributed by atoms with van der Waals surface area (Å²) in [5.74, 6) is 2.35. The molecule has 7 heteroatoms. The number of anilines is 4. The van der Waals surface area contributed by atoms with Gasteiger partial charge in [0.2, 0.25) is 5.95 Å². The molecule has 162 valence electrons. The molecule has 0 radical (unpaired) electrons. The summed E-state index contributed by atoms with van der Waals surface area (Å²) in [6.07, 6.45) is 3.71. The Morgan fingerprint density at radius 3 is 2.38 bits per heavy atom. The van der Waals surface area contributed by atoms with E-state index in [1.807, 2.05) is 36.5 Å². The van der Waals surface area contributed by atoms with Crippen LogP contribution in [0.1, 0.15) is 5.56 Å². The lowest BCUT2D eigenvalue weighted by molar-refractivity contribution is 0.415. The molecular weight excluding hydrogens is 400 g/mol. The number of aromatic nitrogens is 3. The van der Waals surface area contributed by atoms with Crippen LogP contribution in [0.4, 0.5) is 23.1 Å². The summed E-state index contributed by atoms with van der Waals surface area (Å²) in [4.78, 5) is 18.5. The maximum Gasteiger partial charge on any atom is 0.227 e. The third-order valence-corrected chi connectivity index (χ3v) is 5.78. The second-order valence-electron chi connectivity index (χ2n) is 7.92. The molecule has 1 N–H and O–H groups in total. The van der Waals surface area contributed by atoms with Gasteiger partial charge in [-0.3, -0.25) is 4.98 Å². The van der Waals surface area contributed by atoms with E-state index in [2.05, 4.69) is 56.3 Å². The van der Waals surface area contributed by atoms with Crippen LogP contribution in [-0.4, -0.2) is 48.2 Å². The first kappa shape index (κ1) is 20.1. The smallest absolute Gasteiger partial charge is 0.227 e. The minimum atomic E-state index is 0.748. The van der Waals surface area contributed by atoms with Crippen LogP contribution in [0.2, 0.25) is 0 Å². The minimum absolute atomic E-state index is 0.748. The van der Waals surface area contributed by atoms with Crippen molar-refractivity contribution < 1.29 is 4.74 Å². The van der Waals surface area contributed by atoms with E-state index >= 15 is 0 Å². The van der Waals surface area contributed by atoms with Gasteiger partial charge < -0.3 is 19.9 Å². The Labute approximate surface area is 187 Å². The highest BCUT2D eigenvalue weighted by molar-refractivity contribution is 5.92. The number of methoxy groups -OCH3 is 1. The first-order chi connectivity index (χ1) is 15.7. The lowest BCUT2D eigenvalue weighted by Gasteiger charge is -2.36. The van der Waals surface area contributed by atoms with Crippen LogP contribution in [0.25, 0.3) is 10.9 Å². The number of nitrogens with zero attached hydrogens (tertiary/aromatic N) is 5. The minimum Gasteiger partial charge on any atom is -0.497 e. The summed E-state index contributed by atoms with van der Waals surface area (Å²) >= 11 is 0. The second kappa shape index (κ2) is 8.70. The Morgan fingerprint density at radius 1 is 0.844 bits per heavy atom. The van der Waals surface area contributed by atoms with Gasteiger partial charge in [-0.1, -0.05) is 12.1 Å². The molecule has 1 aliphatic heterocycles. The van der Waals surface area contributed by atoms with Gasteiger partial charge in [0.1, 0.15) is 11.6 Å². The van der Waals surface area contributed by atoms with Gasteiger partial charge in [0, 0.05) is 55.3 Å². The van der Waals surface area contributed by atoms with E-state index in [0.717, 1.165) is 54.9 Å². The maximum atomic E-state index is 5.22. The molecule has 0 saturated carbocycles. The van der Waals surface area contributed by atoms with E-state index in [0.29, 0.717) is 0 Å². The summed E-state index contributed by atoms with van der Waals surface area (Å²) in [7, 11) is 1.66. The van der Waals surface area contributed by atoms with Gasteiger partial charge in [-0.05, 0) is 55.0 Å².